The number of carbonyl (C=O) groups excluding carboxylic acids is 1. The molecule has 3 rings (SSSR count). The smallest absolute Gasteiger partial charge is 0.243 e. The average Bonchev–Trinajstić information content (AvgIpc) is 2.77. The number of methoxy groups -OCH3 is 1. The third-order valence-corrected chi connectivity index (χ3v) is 7.97. The maximum absolute atomic E-state index is 13.4. The molecule has 2 aromatic carbocycles. The fourth-order valence-electron chi connectivity index (χ4n) is 3.71. The summed E-state index contributed by atoms with van der Waals surface area (Å²) in [6.45, 7) is -0.189. The number of likely N-dealkylation sites (N-methyl/N-ethyl adjacent to an activating group) is 1. The number of rotatable bonds is 7. The van der Waals surface area contributed by atoms with Crippen molar-refractivity contribution in [1.82, 2.24) is 4.31 Å². The van der Waals surface area contributed by atoms with E-state index >= 15 is 0 Å². The highest BCUT2D eigenvalue weighted by molar-refractivity contribution is 9.10. The minimum atomic E-state index is -3.79. The van der Waals surface area contributed by atoms with Crippen LogP contribution in [-0.4, -0.2) is 45.4 Å². The van der Waals surface area contributed by atoms with E-state index in [1.165, 1.54) is 9.21 Å². The summed E-state index contributed by atoms with van der Waals surface area (Å²) in [5, 5.41) is 0. The topological polar surface area (TPSA) is 66.9 Å². The monoisotopic (exact) mass is 494 g/mol. The molecule has 30 heavy (non-hydrogen) atoms. The molecule has 0 atom stereocenters. The lowest BCUT2D eigenvalue weighted by Gasteiger charge is -2.34. The van der Waals surface area contributed by atoms with Gasteiger partial charge in [-0.15, -0.1) is 0 Å². The van der Waals surface area contributed by atoms with Crippen LogP contribution in [0.25, 0.3) is 0 Å². The zero-order chi connectivity index (χ0) is 21.7. The van der Waals surface area contributed by atoms with Crippen LogP contribution in [0.15, 0.2) is 57.9 Å². The Morgan fingerprint density at radius 1 is 1.03 bits per heavy atom. The molecule has 1 saturated carbocycles. The van der Waals surface area contributed by atoms with Crippen molar-refractivity contribution >= 4 is 37.5 Å². The summed E-state index contributed by atoms with van der Waals surface area (Å²) in [5.41, 5.74) is 0.686. The van der Waals surface area contributed by atoms with E-state index in [0.29, 0.717) is 11.4 Å². The van der Waals surface area contributed by atoms with Gasteiger partial charge < -0.3 is 9.64 Å². The molecule has 0 heterocycles. The van der Waals surface area contributed by atoms with Crippen LogP contribution in [0.4, 0.5) is 5.69 Å². The quantitative estimate of drug-likeness (QED) is 0.570. The number of halogens is 1. The summed E-state index contributed by atoms with van der Waals surface area (Å²) in [7, 11) is -0.550. The Balaban J connectivity index is 1.86. The van der Waals surface area contributed by atoms with Gasteiger partial charge in [0.2, 0.25) is 15.9 Å². The van der Waals surface area contributed by atoms with Gasteiger partial charge in [-0.3, -0.25) is 4.79 Å². The zero-order valence-electron chi connectivity index (χ0n) is 17.3. The van der Waals surface area contributed by atoms with Gasteiger partial charge in [-0.25, -0.2) is 8.42 Å². The molecular formula is C22H27BrN2O4S. The first-order valence-corrected chi connectivity index (χ1v) is 12.2. The van der Waals surface area contributed by atoms with Crippen molar-refractivity contribution in [3.63, 3.8) is 0 Å². The Morgan fingerprint density at radius 2 is 1.63 bits per heavy atom. The number of sulfonamides is 1. The van der Waals surface area contributed by atoms with Crippen molar-refractivity contribution in [2.45, 2.75) is 43.0 Å². The predicted octanol–water partition coefficient (Wildman–Crippen LogP) is 4.44. The average molecular weight is 495 g/mol. The second-order valence-electron chi connectivity index (χ2n) is 7.45. The van der Waals surface area contributed by atoms with E-state index in [4.69, 9.17) is 4.74 Å². The normalized spacial score (nSPS) is 15.2. The van der Waals surface area contributed by atoms with Gasteiger partial charge in [0.25, 0.3) is 0 Å². The number of ether oxygens (including phenoxy) is 1. The van der Waals surface area contributed by atoms with E-state index in [0.717, 1.165) is 36.6 Å². The number of hydrogen-bond donors (Lipinski definition) is 0. The van der Waals surface area contributed by atoms with Gasteiger partial charge in [0, 0.05) is 23.2 Å². The fourth-order valence-corrected chi connectivity index (χ4v) is 5.61. The van der Waals surface area contributed by atoms with Crippen LogP contribution < -0.4 is 9.64 Å². The zero-order valence-corrected chi connectivity index (χ0v) is 19.7. The highest BCUT2D eigenvalue weighted by atomic mass is 79.9. The van der Waals surface area contributed by atoms with E-state index < -0.39 is 10.0 Å². The number of carbonyl (C=O) groups is 1. The molecule has 162 valence electrons. The lowest BCUT2D eigenvalue weighted by atomic mass is 9.95. The number of amides is 1. The Kier molecular flexibility index (Phi) is 7.55. The Hall–Kier alpha value is -1.90. The Bertz CT molecular complexity index is 956. The Labute approximate surface area is 187 Å². The number of nitrogens with zero attached hydrogens (tertiary/aromatic N) is 2. The minimum absolute atomic E-state index is 0.166. The van der Waals surface area contributed by atoms with Crippen molar-refractivity contribution in [2.24, 2.45) is 0 Å². The van der Waals surface area contributed by atoms with Gasteiger partial charge in [-0.2, -0.15) is 4.31 Å². The molecule has 0 spiro atoms. The molecule has 2 aromatic rings. The largest absolute Gasteiger partial charge is 0.497 e. The van der Waals surface area contributed by atoms with Gasteiger partial charge in [-0.05, 0) is 61.4 Å². The minimum Gasteiger partial charge on any atom is -0.497 e. The van der Waals surface area contributed by atoms with E-state index in [1.54, 1.807) is 62.7 Å². The lowest BCUT2D eigenvalue weighted by molar-refractivity contribution is -0.119. The van der Waals surface area contributed by atoms with E-state index in [2.05, 4.69) is 15.9 Å². The van der Waals surface area contributed by atoms with Crippen LogP contribution in [-0.2, 0) is 14.8 Å². The molecule has 0 N–H and O–H groups in total. The van der Waals surface area contributed by atoms with Crippen LogP contribution in [0.5, 0.6) is 5.75 Å². The Morgan fingerprint density at radius 3 is 2.20 bits per heavy atom. The number of anilines is 1. The van der Waals surface area contributed by atoms with Crippen molar-refractivity contribution in [2.75, 3.05) is 25.6 Å². The van der Waals surface area contributed by atoms with Gasteiger partial charge in [0.05, 0.1) is 18.6 Å². The summed E-state index contributed by atoms with van der Waals surface area (Å²) in [4.78, 5) is 14.8. The number of benzene rings is 2. The first-order valence-electron chi connectivity index (χ1n) is 10.0. The van der Waals surface area contributed by atoms with E-state index in [-0.39, 0.29) is 23.4 Å². The summed E-state index contributed by atoms with van der Waals surface area (Å²) in [5.74, 6) is 0.424. The standard InChI is InChI=1S/C22H27BrN2O4S/c1-24(18-10-12-20(29-2)13-11-18)22(26)16-25(19-6-4-3-5-7-19)30(27,28)21-14-8-17(23)9-15-21/h8-15,19H,3-7,16H2,1-2H3. The van der Waals surface area contributed by atoms with Crippen molar-refractivity contribution in [3.8, 4) is 5.75 Å². The molecule has 8 heteroatoms. The highest BCUT2D eigenvalue weighted by Gasteiger charge is 2.34. The lowest BCUT2D eigenvalue weighted by Crippen LogP contribution is -2.47. The van der Waals surface area contributed by atoms with E-state index in [1.807, 2.05) is 0 Å². The molecule has 6 nitrogen and oxygen atoms in total. The molecule has 1 fully saturated rings. The third kappa shape index (κ3) is 5.22. The van der Waals surface area contributed by atoms with Crippen molar-refractivity contribution in [3.05, 3.63) is 53.0 Å². The van der Waals surface area contributed by atoms with Gasteiger partial charge in [0.1, 0.15) is 5.75 Å². The maximum Gasteiger partial charge on any atom is 0.243 e. The molecule has 0 saturated heterocycles. The first-order chi connectivity index (χ1) is 14.3. The van der Waals surface area contributed by atoms with E-state index in [9.17, 15) is 13.2 Å². The van der Waals surface area contributed by atoms with Gasteiger partial charge in [-0.1, -0.05) is 35.2 Å². The van der Waals surface area contributed by atoms with Crippen LogP contribution in [0.2, 0.25) is 0 Å². The SMILES string of the molecule is COc1ccc(N(C)C(=O)CN(C2CCCCC2)S(=O)(=O)c2ccc(Br)cc2)cc1. The molecule has 1 aliphatic rings. The second kappa shape index (κ2) is 9.94. The molecular weight excluding hydrogens is 468 g/mol. The van der Waals surface area contributed by atoms with Gasteiger partial charge in [0.15, 0.2) is 0 Å². The fraction of sp³-hybridized carbons (Fsp3) is 0.409. The molecule has 1 amide bonds. The molecule has 0 aromatic heterocycles. The van der Waals surface area contributed by atoms with Crippen LogP contribution in [0.1, 0.15) is 32.1 Å². The molecule has 0 radical (unpaired) electrons. The van der Waals surface area contributed by atoms with Crippen LogP contribution in [0.3, 0.4) is 0 Å². The summed E-state index contributed by atoms with van der Waals surface area (Å²) in [6, 6.07) is 13.5. The van der Waals surface area contributed by atoms with Gasteiger partial charge >= 0.3 is 0 Å². The molecule has 1 aliphatic carbocycles. The van der Waals surface area contributed by atoms with Crippen LogP contribution >= 0.6 is 15.9 Å². The summed E-state index contributed by atoms with van der Waals surface area (Å²) in [6.07, 6.45) is 4.59. The second-order valence-corrected chi connectivity index (χ2v) is 10.3. The highest BCUT2D eigenvalue weighted by Crippen LogP contribution is 2.29. The number of hydrogen-bond acceptors (Lipinski definition) is 4. The predicted molar refractivity (Wildman–Crippen MR) is 121 cm³/mol. The maximum atomic E-state index is 13.4. The third-order valence-electron chi connectivity index (χ3n) is 5.53. The van der Waals surface area contributed by atoms with Crippen LogP contribution in [0, 0.1) is 0 Å². The first kappa shape index (κ1) is 22.8. The molecule has 0 unspecified atom stereocenters. The summed E-state index contributed by atoms with van der Waals surface area (Å²) >= 11 is 3.34. The molecule has 0 bridgehead atoms. The van der Waals surface area contributed by atoms with Crippen molar-refractivity contribution < 1.29 is 17.9 Å². The molecule has 0 aliphatic heterocycles. The summed E-state index contributed by atoms with van der Waals surface area (Å²) < 4.78 is 34.3. The van der Waals surface area contributed by atoms with Crippen molar-refractivity contribution in [1.29, 1.82) is 0 Å².